The van der Waals surface area contributed by atoms with Gasteiger partial charge in [-0.1, -0.05) is 58.6 Å². The molecule has 28 heavy (non-hydrogen) atoms. The van der Waals surface area contributed by atoms with Crippen LogP contribution in [0.15, 0.2) is 11.6 Å². The Morgan fingerprint density at radius 2 is 1.82 bits per heavy atom. The Bertz CT molecular complexity index is 573. The van der Waals surface area contributed by atoms with Gasteiger partial charge in [-0.3, -0.25) is 0 Å². The SMILES string of the molecule is CO[C@H]1CC[C@@]2(C)C(=CC[C@H]3C4CC[C@H]([C@H](C)CCCC(C)C)[C@H]4CCC32)C1.[HH].[HH]. The highest BCUT2D eigenvalue weighted by atomic mass is 16.5. The molecule has 0 N–H and O–H groups in total. The molecule has 0 heterocycles. The van der Waals surface area contributed by atoms with Crippen molar-refractivity contribution in [2.24, 2.45) is 46.8 Å². The molecule has 0 radical (unpaired) electrons. The summed E-state index contributed by atoms with van der Waals surface area (Å²) >= 11 is 0. The minimum atomic E-state index is 0. The summed E-state index contributed by atoms with van der Waals surface area (Å²) in [7, 11) is 1.91. The molecule has 0 aromatic carbocycles. The predicted molar refractivity (Wildman–Crippen MR) is 123 cm³/mol. The number of methoxy groups -OCH3 is 1. The van der Waals surface area contributed by atoms with E-state index in [1.165, 1.54) is 70.6 Å². The number of hydrogen-bond acceptors (Lipinski definition) is 1. The van der Waals surface area contributed by atoms with Crippen molar-refractivity contribution < 1.29 is 7.59 Å². The van der Waals surface area contributed by atoms with Gasteiger partial charge in [0.1, 0.15) is 0 Å². The van der Waals surface area contributed by atoms with Crippen molar-refractivity contribution in [1.82, 2.24) is 0 Å². The Morgan fingerprint density at radius 1 is 1.04 bits per heavy atom. The maximum absolute atomic E-state index is 5.74. The molecule has 0 saturated heterocycles. The molecule has 0 aromatic heterocycles. The highest BCUT2D eigenvalue weighted by molar-refractivity contribution is 5.24. The molecule has 0 bridgehead atoms. The van der Waals surface area contributed by atoms with E-state index in [1.807, 2.05) is 7.11 Å². The van der Waals surface area contributed by atoms with E-state index in [9.17, 15) is 0 Å². The maximum atomic E-state index is 5.74. The van der Waals surface area contributed by atoms with Crippen molar-refractivity contribution in [2.45, 2.75) is 104 Å². The topological polar surface area (TPSA) is 9.23 Å². The van der Waals surface area contributed by atoms with Gasteiger partial charge in [-0.2, -0.15) is 0 Å². The summed E-state index contributed by atoms with van der Waals surface area (Å²) in [6.45, 7) is 9.97. The van der Waals surface area contributed by atoms with Crippen LogP contribution < -0.4 is 0 Å². The second-order valence-corrected chi connectivity index (χ2v) is 11.7. The fourth-order valence-electron chi connectivity index (χ4n) is 8.29. The molecule has 8 atom stereocenters. The van der Waals surface area contributed by atoms with Gasteiger partial charge in [0, 0.05) is 9.96 Å². The molecule has 4 aliphatic rings. The Balaban J connectivity index is 0.00000160. The molecule has 3 fully saturated rings. The second-order valence-electron chi connectivity index (χ2n) is 11.7. The number of rotatable bonds is 6. The van der Waals surface area contributed by atoms with Gasteiger partial charge in [-0.15, -0.1) is 0 Å². The van der Waals surface area contributed by atoms with Gasteiger partial charge in [0.15, 0.2) is 0 Å². The molecule has 3 saturated carbocycles. The van der Waals surface area contributed by atoms with Crippen LogP contribution in [0.4, 0.5) is 0 Å². The molecule has 164 valence electrons. The van der Waals surface area contributed by atoms with E-state index in [2.05, 4.69) is 33.8 Å². The zero-order chi connectivity index (χ0) is 19.9. The molecular formula is C27H50O. The highest BCUT2D eigenvalue weighted by Crippen LogP contribution is 2.63. The highest BCUT2D eigenvalue weighted by Gasteiger charge is 2.54. The molecular weight excluding hydrogens is 340 g/mol. The summed E-state index contributed by atoms with van der Waals surface area (Å²) in [5.74, 6) is 6.88. The lowest BCUT2D eigenvalue weighted by Crippen LogP contribution is -2.47. The zero-order valence-electron chi connectivity index (χ0n) is 19.4. The minimum Gasteiger partial charge on any atom is -0.381 e. The average molecular weight is 391 g/mol. The van der Waals surface area contributed by atoms with Crippen molar-refractivity contribution in [2.75, 3.05) is 7.11 Å². The summed E-state index contributed by atoms with van der Waals surface area (Å²) in [5.41, 5.74) is 2.26. The van der Waals surface area contributed by atoms with Crippen molar-refractivity contribution >= 4 is 0 Å². The third-order valence-corrected chi connectivity index (χ3v) is 9.94. The number of ether oxygens (including phenoxy) is 1. The first-order valence-electron chi connectivity index (χ1n) is 12.7. The van der Waals surface area contributed by atoms with Crippen molar-refractivity contribution in [3.8, 4) is 0 Å². The van der Waals surface area contributed by atoms with Crippen LogP contribution in [0.25, 0.3) is 0 Å². The number of allylic oxidation sites excluding steroid dienone is 1. The van der Waals surface area contributed by atoms with Crippen LogP contribution in [-0.2, 0) is 4.74 Å². The van der Waals surface area contributed by atoms with Gasteiger partial charge in [0.25, 0.3) is 0 Å². The van der Waals surface area contributed by atoms with Crippen molar-refractivity contribution in [1.29, 1.82) is 0 Å². The largest absolute Gasteiger partial charge is 0.381 e. The van der Waals surface area contributed by atoms with Crippen LogP contribution in [0, 0.1) is 46.8 Å². The van der Waals surface area contributed by atoms with E-state index in [1.54, 1.807) is 5.57 Å². The van der Waals surface area contributed by atoms with Gasteiger partial charge in [0.05, 0.1) is 6.10 Å². The summed E-state index contributed by atoms with van der Waals surface area (Å²) < 4.78 is 5.74. The van der Waals surface area contributed by atoms with Crippen molar-refractivity contribution in [3.63, 3.8) is 0 Å². The summed E-state index contributed by atoms with van der Waals surface area (Å²) in [4.78, 5) is 0. The normalized spacial score (nSPS) is 43.9. The molecule has 1 heteroatoms. The van der Waals surface area contributed by atoms with Gasteiger partial charge < -0.3 is 4.74 Å². The fourth-order valence-corrected chi connectivity index (χ4v) is 8.29. The van der Waals surface area contributed by atoms with Gasteiger partial charge in [-0.25, -0.2) is 0 Å². The fraction of sp³-hybridized carbons (Fsp3) is 0.926. The Kier molecular flexibility index (Phi) is 6.32. The average Bonchev–Trinajstić information content (AvgIpc) is 3.11. The molecule has 4 rings (SSSR count). The lowest BCUT2D eigenvalue weighted by atomic mass is 9.50. The molecule has 4 aliphatic carbocycles. The van der Waals surface area contributed by atoms with Gasteiger partial charge >= 0.3 is 0 Å². The molecule has 0 aromatic rings. The first-order valence-corrected chi connectivity index (χ1v) is 12.7. The standard InChI is InChI=1S/C27H46O.2H2/c1-18(2)7-6-8-19(3)22-11-12-24-23(22)13-14-26-25(24)10-9-20-17-21(28-5)15-16-27(20,26)4;;/h9,18-19,21-26H,6-8,10-17H2,1-5H3;2*1H/t19-,21+,22-,23-,24?,25+,26?,27+;;/m1../s1. The van der Waals surface area contributed by atoms with E-state index >= 15 is 0 Å². The Morgan fingerprint density at radius 3 is 2.57 bits per heavy atom. The minimum absolute atomic E-state index is 0. The van der Waals surface area contributed by atoms with E-state index in [0.29, 0.717) is 11.5 Å². The third kappa shape index (κ3) is 3.75. The van der Waals surface area contributed by atoms with Gasteiger partial charge in [-0.05, 0) is 98.2 Å². The number of hydrogen-bond donors (Lipinski definition) is 0. The summed E-state index contributed by atoms with van der Waals surface area (Å²) in [5, 5.41) is 0. The molecule has 0 amide bonds. The Labute approximate surface area is 178 Å². The first kappa shape index (κ1) is 21.0. The smallest absolute Gasteiger partial charge is 0.0608 e. The van der Waals surface area contributed by atoms with Gasteiger partial charge in [0.2, 0.25) is 0 Å². The van der Waals surface area contributed by atoms with Crippen LogP contribution >= 0.6 is 0 Å². The van der Waals surface area contributed by atoms with E-state index in [4.69, 9.17) is 4.74 Å². The molecule has 2 unspecified atom stereocenters. The molecule has 1 nitrogen and oxygen atoms in total. The summed E-state index contributed by atoms with van der Waals surface area (Å²) in [6.07, 6.45) is 18.8. The quantitative estimate of drug-likeness (QED) is 0.416. The third-order valence-electron chi connectivity index (χ3n) is 9.94. The van der Waals surface area contributed by atoms with Crippen LogP contribution in [0.3, 0.4) is 0 Å². The van der Waals surface area contributed by atoms with Crippen LogP contribution in [0.5, 0.6) is 0 Å². The lowest BCUT2D eigenvalue weighted by molar-refractivity contribution is -0.0226. The predicted octanol–water partition coefficient (Wildman–Crippen LogP) is 8.14. The molecule has 0 aliphatic heterocycles. The van der Waals surface area contributed by atoms with Crippen LogP contribution in [0.2, 0.25) is 0 Å². The number of fused-ring (bicyclic) bond motifs is 5. The van der Waals surface area contributed by atoms with Crippen molar-refractivity contribution in [3.05, 3.63) is 11.6 Å². The maximum Gasteiger partial charge on any atom is 0.0608 e. The Hall–Kier alpha value is -0.300. The summed E-state index contributed by atoms with van der Waals surface area (Å²) in [6, 6.07) is 0. The monoisotopic (exact) mass is 390 g/mol. The van der Waals surface area contributed by atoms with E-state index in [0.717, 1.165) is 41.4 Å². The van der Waals surface area contributed by atoms with Crippen LogP contribution in [-0.4, -0.2) is 13.2 Å². The first-order chi connectivity index (χ1) is 13.4. The zero-order valence-corrected chi connectivity index (χ0v) is 19.4. The van der Waals surface area contributed by atoms with E-state index < -0.39 is 0 Å². The molecule has 0 spiro atoms. The second kappa shape index (κ2) is 8.44. The van der Waals surface area contributed by atoms with E-state index in [-0.39, 0.29) is 2.85 Å². The lowest BCUT2D eigenvalue weighted by Gasteiger charge is -2.55. The van der Waals surface area contributed by atoms with Crippen LogP contribution in [0.1, 0.15) is 101 Å².